The van der Waals surface area contributed by atoms with Crippen molar-refractivity contribution in [3.8, 4) is 0 Å². The number of carbonyl (C=O) groups excluding carboxylic acids is 3. The number of fused-ring (bicyclic) bond motifs is 1. The zero-order chi connectivity index (χ0) is 19.4. The summed E-state index contributed by atoms with van der Waals surface area (Å²) in [5, 5.41) is 12.0. The summed E-state index contributed by atoms with van der Waals surface area (Å²) in [6, 6.07) is 0.557. The molecule has 9 heteroatoms. The van der Waals surface area contributed by atoms with E-state index >= 15 is 0 Å². The van der Waals surface area contributed by atoms with Gasteiger partial charge in [0.05, 0.1) is 18.6 Å². The van der Waals surface area contributed by atoms with Gasteiger partial charge in [-0.15, -0.1) is 0 Å². The molecule has 0 aliphatic carbocycles. The number of hydrogen-bond acceptors (Lipinski definition) is 5. The number of hydrogen-bond donors (Lipinski definition) is 5. The summed E-state index contributed by atoms with van der Waals surface area (Å²) in [6.45, 7) is 3.19. The molecule has 8 nitrogen and oxygen atoms in total. The van der Waals surface area contributed by atoms with Gasteiger partial charge in [-0.3, -0.25) is 9.59 Å². The quantitative estimate of drug-likeness (QED) is 0.273. The summed E-state index contributed by atoms with van der Waals surface area (Å²) >= 11 is 1.93. The van der Waals surface area contributed by atoms with Crippen LogP contribution >= 0.6 is 11.8 Å². The maximum absolute atomic E-state index is 11.6. The Balaban J connectivity index is 0.000000487. The number of amides is 4. The Labute approximate surface area is 160 Å². The van der Waals surface area contributed by atoms with E-state index in [0.717, 1.165) is 44.4 Å². The van der Waals surface area contributed by atoms with Crippen LogP contribution in [0.15, 0.2) is 0 Å². The zero-order valence-electron chi connectivity index (χ0n) is 15.8. The number of thioether (sulfide) groups is 1. The number of nitrogens with two attached hydrogens (primary N) is 1. The number of primary amides is 1. The third-order valence-electron chi connectivity index (χ3n) is 4.28. The number of nitrogens with one attached hydrogen (secondary N) is 4. The first-order valence-electron chi connectivity index (χ1n) is 9.36. The van der Waals surface area contributed by atoms with Crippen molar-refractivity contribution < 1.29 is 14.4 Å². The summed E-state index contributed by atoms with van der Waals surface area (Å²) in [5.41, 5.74) is 4.70. The van der Waals surface area contributed by atoms with E-state index in [9.17, 15) is 14.4 Å². The van der Waals surface area contributed by atoms with E-state index < -0.39 is 0 Å². The van der Waals surface area contributed by atoms with Crippen LogP contribution in [0, 0.1) is 0 Å². The number of rotatable bonds is 10. The molecule has 0 aromatic heterocycles. The van der Waals surface area contributed by atoms with E-state index in [0.29, 0.717) is 17.7 Å². The van der Waals surface area contributed by atoms with E-state index in [4.69, 9.17) is 5.73 Å². The molecule has 150 valence electrons. The molecule has 2 aliphatic rings. The van der Waals surface area contributed by atoms with Crippen molar-refractivity contribution in [3.05, 3.63) is 0 Å². The second kappa shape index (κ2) is 12.8. The summed E-state index contributed by atoms with van der Waals surface area (Å²) in [4.78, 5) is 32.6. The van der Waals surface area contributed by atoms with Crippen LogP contribution in [-0.4, -0.2) is 61.1 Å². The highest BCUT2D eigenvalue weighted by Gasteiger charge is 2.42. The van der Waals surface area contributed by atoms with Crippen molar-refractivity contribution >= 4 is 29.6 Å². The topological polar surface area (TPSA) is 125 Å². The first-order valence-corrected chi connectivity index (χ1v) is 10.4. The van der Waals surface area contributed by atoms with Crippen molar-refractivity contribution in [3.63, 3.8) is 0 Å². The second-order valence-corrected chi connectivity index (χ2v) is 7.84. The Morgan fingerprint density at radius 2 is 2.04 bits per heavy atom. The van der Waals surface area contributed by atoms with Gasteiger partial charge in [-0.1, -0.05) is 19.8 Å². The first kappa shape index (κ1) is 22.6. The molecule has 2 saturated heterocycles. The zero-order valence-corrected chi connectivity index (χ0v) is 16.6. The van der Waals surface area contributed by atoms with Gasteiger partial charge in [0.1, 0.15) is 0 Å². The average molecular weight is 388 g/mol. The highest BCUT2D eigenvalue weighted by molar-refractivity contribution is 8.00. The maximum Gasteiger partial charge on any atom is 0.315 e. The fourth-order valence-corrected chi connectivity index (χ4v) is 4.48. The molecule has 26 heavy (non-hydrogen) atoms. The fraction of sp³-hybridized carbons (Fsp3) is 0.824. The van der Waals surface area contributed by atoms with Crippen LogP contribution in [-0.2, 0) is 9.59 Å². The number of unbranched alkanes of at least 4 members (excludes halogenated alkanes) is 2. The minimum atomic E-state index is -0.322. The first-order chi connectivity index (χ1) is 12.5. The molecule has 0 bridgehead atoms. The van der Waals surface area contributed by atoms with Crippen LogP contribution in [0.4, 0.5) is 4.79 Å². The molecule has 0 saturated carbocycles. The molecule has 0 spiro atoms. The van der Waals surface area contributed by atoms with Crippen molar-refractivity contribution in [1.29, 1.82) is 0 Å². The highest BCUT2D eigenvalue weighted by Crippen LogP contribution is 2.33. The fourth-order valence-electron chi connectivity index (χ4n) is 2.94. The molecule has 0 radical (unpaired) electrons. The molecule has 4 amide bonds. The highest BCUT2D eigenvalue weighted by atomic mass is 32.2. The largest absolute Gasteiger partial charge is 0.369 e. The third-order valence-corrected chi connectivity index (χ3v) is 5.79. The summed E-state index contributed by atoms with van der Waals surface area (Å²) in [7, 11) is 1.67. The Morgan fingerprint density at radius 1 is 1.27 bits per heavy atom. The molecule has 6 N–H and O–H groups in total. The van der Waals surface area contributed by atoms with E-state index in [1.54, 1.807) is 7.05 Å². The third kappa shape index (κ3) is 8.75. The Bertz CT molecular complexity index is 464. The molecule has 0 aromatic rings. The van der Waals surface area contributed by atoms with Gasteiger partial charge in [-0.05, 0) is 26.3 Å². The van der Waals surface area contributed by atoms with Crippen LogP contribution in [0.25, 0.3) is 0 Å². The normalized spacial score (nSPS) is 23.3. The molecule has 2 rings (SSSR count). The van der Waals surface area contributed by atoms with Crippen molar-refractivity contribution in [2.45, 2.75) is 62.8 Å². The van der Waals surface area contributed by atoms with Gasteiger partial charge < -0.3 is 27.0 Å². The molecule has 2 aliphatic heterocycles. The van der Waals surface area contributed by atoms with Gasteiger partial charge in [-0.2, -0.15) is 11.8 Å². The lowest BCUT2D eigenvalue weighted by Crippen LogP contribution is -2.36. The van der Waals surface area contributed by atoms with Gasteiger partial charge in [-0.25, -0.2) is 4.79 Å². The molecule has 1 unspecified atom stereocenters. The SMILES string of the molecule is CCCCNC(=O)CCCCC1SC[C@H]2NC(=O)N[C@@H]12.CNCC(N)=O. The summed E-state index contributed by atoms with van der Waals surface area (Å²) in [6.07, 6.45) is 5.86. The van der Waals surface area contributed by atoms with E-state index in [-0.39, 0.29) is 30.4 Å². The molecule has 3 atom stereocenters. The molecular formula is C17H33N5O3S. The lowest BCUT2D eigenvalue weighted by molar-refractivity contribution is -0.121. The van der Waals surface area contributed by atoms with Crippen LogP contribution in [0.2, 0.25) is 0 Å². The Morgan fingerprint density at radius 3 is 2.65 bits per heavy atom. The lowest BCUT2D eigenvalue weighted by Gasteiger charge is -2.16. The number of urea groups is 1. The van der Waals surface area contributed by atoms with Gasteiger partial charge in [0, 0.05) is 24.0 Å². The summed E-state index contributed by atoms with van der Waals surface area (Å²) in [5.74, 6) is 0.856. The molecule has 0 aromatic carbocycles. The predicted octanol–water partition coefficient (Wildman–Crippen LogP) is 0.320. The molecule has 2 heterocycles. The Kier molecular flexibility index (Phi) is 11.1. The predicted molar refractivity (Wildman–Crippen MR) is 105 cm³/mol. The van der Waals surface area contributed by atoms with E-state index in [2.05, 4.69) is 28.2 Å². The standard InChI is InChI=1S/C14H25N3O2S.C3H8N2O/c1-2-3-8-15-12(18)7-5-4-6-11-13-10(9-20-11)16-14(19)17-13;1-5-2-3(4)6/h10-11,13H,2-9H2,1H3,(H,15,18)(H2,16,17,19);5H,2H2,1H3,(H2,4,6)/t10-,11?,13-;/m1./s1. The smallest absolute Gasteiger partial charge is 0.315 e. The van der Waals surface area contributed by atoms with Crippen LogP contribution in [0.5, 0.6) is 0 Å². The summed E-state index contributed by atoms with van der Waals surface area (Å²) < 4.78 is 0. The van der Waals surface area contributed by atoms with Crippen LogP contribution in [0.3, 0.4) is 0 Å². The van der Waals surface area contributed by atoms with E-state index in [1.807, 2.05) is 11.8 Å². The Hall–Kier alpha value is -1.48. The maximum atomic E-state index is 11.6. The number of likely N-dealkylation sites (N-methyl/N-ethyl adjacent to an activating group) is 1. The van der Waals surface area contributed by atoms with Crippen LogP contribution in [0.1, 0.15) is 45.4 Å². The number of carbonyl (C=O) groups is 3. The monoisotopic (exact) mass is 387 g/mol. The van der Waals surface area contributed by atoms with Gasteiger partial charge >= 0.3 is 6.03 Å². The van der Waals surface area contributed by atoms with Gasteiger partial charge in [0.2, 0.25) is 11.8 Å². The average Bonchev–Trinajstić information content (AvgIpc) is 3.12. The van der Waals surface area contributed by atoms with E-state index in [1.165, 1.54) is 0 Å². The minimum Gasteiger partial charge on any atom is -0.369 e. The van der Waals surface area contributed by atoms with Crippen molar-refractivity contribution in [1.82, 2.24) is 21.3 Å². The lowest BCUT2D eigenvalue weighted by atomic mass is 10.0. The second-order valence-electron chi connectivity index (χ2n) is 6.57. The molecular weight excluding hydrogens is 354 g/mol. The van der Waals surface area contributed by atoms with Crippen LogP contribution < -0.4 is 27.0 Å². The van der Waals surface area contributed by atoms with Gasteiger partial charge in [0.15, 0.2) is 0 Å². The van der Waals surface area contributed by atoms with Crippen molar-refractivity contribution in [2.24, 2.45) is 5.73 Å². The van der Waals surface area contributed by atoms with Gasteiger partial charge in [0.25, 0.3) is 0 Å². The molecule has 2 fully saturated rings. The minimum absolute atomic E-state index is 0.0272. The van der Waals surface area contributed by atoms with Crippen molar-refractivity contribution in [2.75, 3.05) is 25.9 Å².